The van der Waals surface area contributed by atoms with Crippen molar-refractivity contribution in [1.29, 1.82) is 0 Å². The second-order valence-electron chi connectivity index (χ2n) is 8.24. The van der Waals surface area contributed by atoms with E-state index in [-0.39, 0.29) is 11.3 Å². The molecule has 0 bridgehead atoms. The zero-order valence-corrected chi connectivity index (χ0v) is 19.9. The number of aromatic amines is 1. The monoisotopic (exact) mass is 500 g/mol. The van der Waals surface area contributed by atoms with Gasteiger partial charge in [-0.1, -0.05) is 47.2 Å². The molecule has 0 saturated carbocycles. The molecule has 1 aliphatic heterocycles. The number of fused-ring (bicyclic) bond motifs is 2. The third-order valence-corrected chi connectivity index (χ3v) is 7.55. The van der Waals surface area contributed by atoms with Crippen LogP contribution < -0.4 is 4.90 Å². The number of benzene rings is 2. The Morgan fingerprint density at radius 2 is 1.94 bits per heavy atom. The predicted molar refractivity (Wildman–Crippen MR) is 137 cm³/mol. The topological polar surface area (TPSA) is 99.2 Å². The van der Waals surface area contributed by atoms with Crippen molar-refractivity contribution in [3.8, 4) is 0 Å². The van der Waals surface area contributed by atoms with Crippen molar-refractivity contribution in [2.24, 2.45) is 0 Å². The maximum Gasteiger partial charge on any atom is 0.301 e. The Kier molecular flexibility index (Phi) is 4.94. The Morgan fingerprint density at radius 1 is 1.14 bits per heavy atom. The van der Waals surface area contributed by atoms with Crippen LogP contribution in [0, 0.1) is 6.92 Å². The molecule has 1 saturated heterocycles. The van der Waals surface area contributed by atoms with E-state index >= 15 is 0 Å². The number of aryl methyl sites for hydroxylation is 1. The normalized spacial score (nSPS) is 17.7. The lowest BCUT2D eigenvalue weighted by molar-refractivity contribution is -0.132. The lowest BCUT2D eigenvalue weighted by Gasteiger charge is -2.21. The first-order valence-electron chi connectivity index (χ1n) is 10.8. The fourth-order valence-corrected chi connectivity index (χ4v) is 5.63. The molecule has 1 amide bonds. The number of para-hydroxylation sites is 1. The first-order valence-corrected chi connectivity index (χ1v) is 12.0. The summed E-state index contributed by atoms with van der Waals surface area (Å²) in [4.78, 5) is 40.2. The highest BCUT2D eigenvalue weighted by Gasteiger charge is 2.49. The van der Waals surface area contributed by atoms with Gasteiger partial charge in [-0.15, -0.1) is 0 Å². The molecule has 4 heterocycles. The SMILES string of the molecule is Cc1cc2sc(N3C(=O)C(=O)/C(=C(/O)c4c[nH]c5ccccc45)C3c3ccccn3)nc2cc1Cl. The maximum absolute atomic E-state index is 13.4. The summed E-state index contributed by atoms with van der Waals surface area (Å²) in [6.45, 7) is 1.89. The number of hydrogen-bond donors (Lipinski definition) is 2. The number of Topliss-reactive ketones (excluding diaryl/α,β-unsaturated/α-hetero) is 1. The number of carbonyl (C=O) groups excluding carboxylic acids is 2. The minimum Gasteiger partial charge on any atom is -0.507 e. The molecular weight excluding hydrogens is 484 g/mol. The van der Waals surface area contributed by atoms with Crippen molar-refractivity contribution in [2.45, 2.75) is 13.0 Å². The molecule has 7 nitrogen and oxygen atoms in total. The second-order valence-corrected chi connectivity index (χ2v) is 9.65. The molecule has 0 spiro atoms. The number of amides is 1. The van der Waals surface area contributed by atoms with Crippen LogP contribution in [0.4, 0.5) is 5.13 Å². The van der Waals surface area contributed by atoms with Crippen LogP contribution in [0.2, 0.25) is 5.02 Å². The van der Waals surface area contributed by atoms with Gasteiger partial charge in [-0.3, -0.25) is 19.5 Å². The van der Waals surface area contributed by atoms with Crippen LogP contribution in [0.1, 0.15) is 22.9 Å². The van der Waals surface area contributed by atoms with Gasteiger partial charge in [0.15, 0.2) is 5.13 Å². The summed E-state index contributed by atoms with van der Waals surface area (Å²) in [6, 6.07) is 15.4. The second kappa shape index (κ2) is 8.04. The van der Waals surface area contributed by atoms with E-state index in [9.17, 15) is 14.7 Å². The van der Waals surface area contributed by atoms with E-state index in [0.717, 1.165) is 21.2 Å². The van der Waals surface area contributed by atoms with Crippen LogP contribution in [-0.4, -0.2) is 31.7 Å². The van der Waals surface area contributed by atoms with Gasteiger partial charge in [0.05, 0.1) is 21.5 Å². The van der Waals surface area contributed by atoms with Crippen LogP contribution in [0.3, 0.4) is 0 Å². The van der Waals surface area contributed by atoms with Gasteiger partial charge < -0.3 is 10.1 Å². The van der Waals surface area contributed by atoms with Gasteiger partial charge in [-0.2, -0.15) is 0 Å². The average molecular weight is 501 g/mol. The smallest absolute Gasteiger partial charge is 0.301 e. The van der Waals surface area contributed by atoms with E-state index in [1.54, 1.807) is 36.7 Å². The first kappa shape index (κ1) is 21.5. The number of hydrogen-bond acceptors (Lipinski definition) is 6. The number of carbonyl (C=O) groups is 2. The molecule has 1 fully saturated rings. The number of H-pyrrole nitrogens is 1. The number of aliphatic hydroxyl groups is 1. The van der Waals surface area contributed by atoms with E-state index in [1.807, 2.05) is 37.3 Å². The minimum atomic E-state index is -0.943. The number of halogens is 1. The molecule has 5 aromatic rings. The van der Waals surface area contributed by atoms with E-state index in [2.05, 4.69) is 15.0 Å². The predicted octanol–water partition coefficient (Wildman–Crippen LogP) is 5.76. The Hall–Kier alpha value is -4.01. The van der Waals surface area contributed by atoms with Crippen molar-refractivity contribution >= 4 is 66.6 Å². The molecule has 0 radical (unpaired) electrons. The third-order valence-electron chi connectivity index (χ3n) is 6.12. The van der Waals surface area contributed by atoms with Gasteiger partial charge in [0.25, 0.3) is 5.78 Å². The molecule has 6 rings (SSSR count). The quantitative estimate of drug-likeness (QED) is 0.186. The van der Waals surface area contributed by atoms with Crippen molar-refractivity contribution in [3.05, 3.63) is 94.4 Å². The number of anilines is 1. The summed E-state index contributed by atoms with van der Waals surface area (Å²) in [5, 5.41) is 13.0. The molecule has 1 aliphatic rings. The molecule has 0 aliphatic carbocycles. The highest BCUT2D eigenvalue weighted by Crippen LogP contribution is 2.44. The van der Waals surface area contributed by atoms with E-state index in [4.69, 9.17) is 11.6 Å². The van der Waals surface area contributed by atoms with Crippen molar-refractivity contribution in [1.82, 2.24) is 15.0 Å². The van der Waals surface area contributed by atoms with Gasteiger partial charge in [0.1, 0.15) is 11.8 Å². The molecule has 9 heteroatoms. The van der Waals surface area contributed by atoms with E-state index in [0.29, 0.717) is 26.9 Å². The van der Waals surface area contributed by atoms with Crippen LogP contribution >= 0.6 is 22.9 Å². The molecular formula is C26H17ClN4O3S. The summed E-state index contributed by atoms with van der Waals surface area (Å²) in [5.74, 6) is -1.83. The minimum absolute atomic E-state index is 0.0353. The largest absolute Gasteiger partial charge is 0.507 e. The summed E-state index contributed by atoms with van der Waals surface area (Å²) < 4.78 is 0.834. The van der Waals surface area contributed by atoms with Gasteiger partial charge in [0, 0.05) is 33.9 Å². The van der Waals surface area contributed by atoms with Gasteiger partial charge in [-0.25, -0.2) is 4.98 Å². The summed E-state index contributed by atoms with van der Waals surface area (Å²) >= 11 is 7.56. The molecule has 3 aromatic heterocycles. The average Bonchev–Trinajstić information content (AvgIpc) is 3.54. The zero-order chi connectivity index (χ0) is 24.3. The number of rotatable bonds is 3. The highest BCUT2D eigenvalue weighted by atomic mass is 35.5. The fourth-order valence-electron chi connectivity index (χ4n) is 4.40. The third kappa shape index (κ3) is 3.33. The fraction of sp³-hybridized carbons (Fsp3) is 0.0769. The molecule has 35 heavy (non-hydrogen) atoms. The maximum atomic E-state index is 13.4. The number of thiazole rings is 1. The van der Waals surface area contributed by atoms with Crippen molar-refractivity contribution in [3.63, 3.8) is 0 Å². The molecule has 172 valence electrons. The summed E-state index contributed by atoms with van der Waals surface area (Å²) in [6.07, 6.45) is 3.22. The van der Waals surface area contributed by atoms with E-state index in [1.165, 1.54) is 16.2 Å². The van der Waals surface area contributed by atoms with Crippen LogP contribution in [0.25, 0.3) is 26.9 Å². The van der Waals surface area contributed by atoms with E-state index < -0.39 is 17.7 Å². The lowest BCUT2D eigenvalue weighted by atomic mass is 9.98. The molecule has 1 atom stereocenters. The van der Waals surface area contributed by atoms with Crippen molar-refractivity contribution in [2.75, 3.05) is 4.90 Å². The van der Waals surface area contributed by atoms with Crippen LogP contribution in [0.5, 0.6) is 0 Å². The highest BCUT2D eigenvalue weighted by molar-refractivity contribution is 7.22. The van der Waals surface area contributed by atoms with Crippen molar-refractivity contribution < 1.29 is 14.7 Å². The zero-order valence-electron chi connectivity index (χ0n) is 18.3. The molecule has 2 N–H and O–H groups in total. The number of aliphatic hydroxyl groups excluding tert-OH is 1. The standard InChI is InChI=1S/C26H17ClN4O3S/c1-13-10-20-19(11-16(13)27)30-26(35-20)31-22(18-8-4-5-9-28-18)21(24(33)25(31)34)23(32)15-12-29-17-7-3-2-6-14(15)17/h2-12,22,29,32H,1H3/b23-21+. The van der Waals surface area contributed by atoms with Crippen LogP contribution in [-0.2, 0) is 9.59 Å². The molecule has 1 unspecified atom stereocenters. The Labute approximate surface area is 208 Å². The summed E-state index contributed by atoms with van der Waals surface area (Å²) in [5.41, 5.74) is 3.16. The lowest BCUT2D eigenvalue weighted by Crippen LogP contribution is -2.29. The number of nitrogens with one attached hydrogen (secondary N) is 1. The number of aromatic nitrogens is 3. The number of ketones is 1. The number of pyridine rings is 1. The first-order chi connectivity index (χ1) is 16.9. The van der Waals surface area contributed by atoms with Gasteiger partial charge >= 0.3 is 5.91 Å². The Bertz CT molecular complexity index is 1650. The Morgan fingerprint density at radius 3 is 2.74 bits per heavy atom. The van der Waals surface area contributed by atoms with Gasteiger partial charge in [-0.05, 0) is 42.8 Å². The molecule has 2 aromatic carbocycles. The number of nitrogens with zero attached hydrogens (tertiary/aromatic N) is 3. The Balaban J connectivity index is 1.58. The van der Waals surface area contributed by atoms with Crippen LogP contribution in [0.15, 0.2) is 72.6 Å². The summed E-state index contributed by atoms with van der Waals surface area (Å²) in [7, 11) is 0. The van der Waals surface area contributed by atoms with Gasteiger partial charge in [0.2, 0.25) is 0 Å².